The minimum Gasteiger partial charge on any atom is -0.435 e. The Morgan fingerprint density at radius 1 is 1.27 bits per heavy atom. The first kappa shape index (κ1) is 17.7. The van der Waals surface area contributed by atoms with Crippen LogP contribution in [0.3, 0.4) is 0 Å². The second-order valence-electron chi connectivity index (χ2n) is 4.95. The first-order valence-corrected chi connectivity index (χ1v) is 7.91. The van der Waals surface area contributed by atoms with E-state index < -0.39 is 11.5 Å². The zero-order chi connectivity index (χ0) is 18.7. The Bertz CT molecular complexity index is 934. The molecule has 0 amide bonds. The molecule has 2 heterocycles. The van der Waals surface area contributed by atoms with E-state index in [0.717, 1.165) is 18.0 Å². The van der Waals surface area contributed by atoms with Gasteiger partial charge in [0, 0.05) is 11.6 Å². The molecule has 0 aliphatic heterocycles. The van der Waals surface area contributed by atoms with Crippen molar-refractivity contribution in [3.05, 3.63) is 52.2 Å². The van der Waals surface area contributed by atoms with Gasteiger partial charge in [0.1, 0.15) is 17.0 Å². The molecule has 11 heteroatoms. The van der Waals surface area contributed by atoms with Crippen LogP contribution >= 0.6 is 11.8 Å². The predicted octanol–water partition coefficient (Wildman–Crippen LogP) is 4.10. The second kappa shape index (κ2) is 7.44. The van der Waals surface area contributed by atoms with Crippen LogP contribution in [-0.4, -0.2) is 26.7 Å². The Kier molecular flexibility index (Phi) is 5.07. The van der Waals surface area contributed by atoms with Gasteiger partial charge in [-0.15, -0.1) is 10.2 Å². The predicted molar refractivity (Wildman–Crippen MR) is 86.1 cm³/mol. The van der Waals surface area contributed by atoms with Crippen molar-refractivity contribution in [3.63, 3.8) is 0 Å². The molecule has 0 radical (unpaired) electrons. The van der Waals surface area contributed by atoms with Crippen LogP contribution in [0.4, 0.5) is 14.5 Å². The third-order valence-electron chi connectivity index (χ3n) is 3.14. The number of ether oxygens (including phenoxy) is 1. The summed E-state index contributed by atoms with van der Waals surface area (Å²) in [4.78, 5) is 14.2. The molecule has 0 aliphatic rings. The molecule has 0 bridgehead atoms. The third kappa shape index (κ3) is 4.11. The molecular weight excluding hydrogens is 370 g/mol. The fraction of sp³-hybridized carbons (Fsp3) is 0.133. The molecule has 0 N–H and O–H groups in total. The molecule has 0 unspecified atom stereocenters. The van der Waals surface area contributed by atoms with Crippen LogP contribution in [0.15, 0.2) is 51.2 Å². The van der Waals surface area contributed by atoms with E-state index in [-0.39, 0.29) is 22.6 Å². The Hall–Kier alpha value is -3.08. The highest BCUT2D eigenvalue weighted by molar-refractivity contribution is 7.99. The fourth-order valence-electron chi connectivity index (χ4n) is 1.98. The van der Waals surface area contributed by atoms with Crippen molar-refractivity contribution >= 4 is 17.4 Å². The van der Waals surface area contributed by atoms with Gasteiger partial charge in [-0.1, -0.05) is 0 Å². The summed E-state index contributed by atoms with van der Waals surface area (Å²) in [5.74, 6) is 0.208. The number of nitrogens with zero attached hydrogens (tertiary/aromatic N) is 4. The highest BCUT2D eigenvalue weighted by Gasteiger charge is 2.15. The Balaban J connectivity index is 1.75. The first-order chi connectivity index (χ1) is 12.4. The Morgan fingerprint density at radius 2 is 2.00 bits per heavy atom. The highest BCUT2D eigenvalue weighted by Crippen LogP contribution is 2.31. The lowest BCUT2D eigenvalue weighted by molar-refractivity contribution is -0.385. The minimum atomic E-state index is -2.90. The van der Waals surface area contributed by atoms with Crippen LogP contribution in [0.1, 0.15) is 5.56 Å². The number of hydrogen-bond donors (Lipinski definition) is 0. The Morgan fingerprint density at radius 3 is 2.62 bits per heavy atom. The van der Waals surface area contributed by atoms with Gasteiger partial charge in [-0.25, -0.2) is 4.98 Å². The number of rotatable bonds is 6. The smallest absolute Gasteiger partial charge is 0.387 e. The van der Waals surface area contributed by atoms with E-state index in [1.165, 1.54) is 30.3 Å². The number of halogens is 2. The van der Waals surface area contributed by atoms with Gasteiger partial charge < -0.3 is 9.15 Å². The van der Waals surface area contributed by atoms with E-state index in [9.17, 15) is 18.9 Å². The summed E-state index contributed by atoms with van der Waals surface area (Å²) in [5, 5.41) is 19.2. The van der Waals surface area contributed by atoms with Crippen molar-refractivity contribution in [1.82, 2.24) is 15.2 Å². The monoisotopic (exact) mass is 380 g/mol. The lowest BCUT2D eigenvalue weighted by Gasteiger charge is -2.03. The molecule has 3 aromatic rings. The van der Waals surface area contributed by atoms with Crippen molar-refractivity contribution in [3.8, 4) is 17.2 Å². The molecular formula is C15H10F2N4O4S. The van der Waals surface area contributed by atoms with E-state index in [4.69, 9.17) is 4.42 Å². The zero-order valence-corrected chi connectivity index (χ0v) is 13.9. The Labute approximate surface area is 149 Å². The van der Waals surface area contributed by atoms with Gasteiger partial charge in [-0.2, -0.15) is 8.78 Å². The molecule has 0 fully saturated rings. The standard InChI is InChI=1S/C15H10F2N4O4S/c1-8-6-10(21(22)23)7-18-13(8)26-15-20-19-12(25-15)9-2-4-11(5-3-9)24-14(16)17/h2-7,14H,1H3. The third-order valence-corrected chi connectivity index (χ3v) is 4.10. The van der Waals surface area contributed by atoms with Gasteiger partial charge in [0.2, 0.25) is 5.89 Å². The van der Waals surface area contributed by atoms with Gasteiger partial charge in [-0.3, -0.25) is 10.1 Å². The van der Waals surface area contributed by atoms with Crippen LogP contribution in [0.2, 0.25) is 0 Å². The molecule has 8 nitrogen and oxygen atoms in total. The average molecular weight is 380 g/mol. The summed E-state index contributed by atoms with van der Waals surface area (Å²) in [6.45, 7) is -1.22. The van der Waals surface area contributed by atoms with Gasteiger partial charge in [0.25, 0.3) is 10.9 Å². The molecule has 134 valence electrons. The van der Waals surface area contributed by atoms with Crippen molar-refractivity contribution in [1.29, 1.82) is 0 Å². The fourth-order valence-corrected chi connectivity index (χ4v) is 2.68. The minimum absolute atomic E-state index is 0.0172. The molecule has 1 aromatic carbocycles. The number of nitro groups is 1. The van der Waals surface area contributed by atoms with Gasteiger partial charge in [-0.05, 0) is 48.5 Å². The number of pyridine rings is 1. The number of aryl methyl sites for hydroxylation is 1. The zero-order valence-electron chi connectivity index (χ0n) is 13.1. The number of benzene rings is 1. The largest absolute Gasteiger partial charge is 0.435 e. The van der Waals surface area contributed by atoms with Crippen LogP contribution in [-0.2, 0) is 0 Å². The quantitative estimate of drug-likeness (QED) is 0.465. The van der Waals surface area contributed by atoms with Crippen molar-refractivity contribution in [2.75, 3.05) is 0 Å². The number of aromatic nitrogens is 3. The number of hydrogen-bond acceptors (Lipinski definition) is 8. The second-order valence-corrected chi connectivity index (χ2v) is 5.89. The van der Waals surface area contributed by atoms with Gasteiger partial charge >= 0.3 is 6.61 Å². The van der Waals surface area contributed by atoms with Crippen molar-refractivity contribution in [2.24, 2.45) is 0 Å². The summed E-state index contributed by atoms with van der Waals surface area (Å²) in [7, 11) is 0. The van der Waals surface area contributed by atoms with Gasteiger partial charge in [0.15, 0.2) is 0 Å². The van der Waals surface area contributed by atoms with Crippen LogP contribution in [0.5, 0.6) is 5.75 Å². The van der Waals surface area contributed by atoms with Crippen molar-refractivity contribution < 1.29 is 22.9 Å². The molecule has 0 spiro atoms. The average Bonchev–Trinajstić information content (AvgIpc) is 3.05. The highest BCUT2D eigenvalue weighted by atomic mass is 32.2. The lowest BCUT2D eigenvalue weighted by Crippen LogP contribution is -2.01. The van der Waals surface area contributed by atoms with E-state index in [1.807, 2.05) is 0 Å². The summed E-state index contributed by atoms with van der Waals surface area (Å²) >= 11 is 1.06. The first-order valence-electron chi connectivity index (χ1n) is 7.10. The molecule has 0 aliphatic carbocycles. The van der Waals surface area contributed by atoms with Crippen LogP contribution in [0, 0.1) is 17.0 Å². The summed E-state index contributed by atoms with van der Waals surface area (Å²) < 4.78 is 34.1. The molecule has 0 saturated heterocycles. The maximum atomic E-state index is 12.1. The summed E-state index contributed by atoms with van der Waals surface area (Å²) in [5.41, 5.74) is 1.01. The maximum absolute atomic E-state index is 12.1. The van der Waals surface area contributed by atoms with E-state index in [1.54, 1.807) is 6.92 Å². The topological polar surface area (TPSA) is 104 Å². The molecule has 2 aromatic heterocycles. The number of alkyl halides is 2. The SMILES string of the molecule is Cc1cc([N+](=O)[O-])cnc1Sc1nnc(-c2ccc(OC(F)F)cc2)o1. The van der Waals surface area contributed by atoms with Crippen LogP contribution in [0.25, 0.3) is 11.5 Å². The lowest BCUT2D eigenvalue weighted by atomic mass is 10.2. The van der Waals surface area contributed by atoms with E-state index in [2.05, 4.69) is 19.9 Å². The molecule has 26 heavy (non-hydrogen) atoms. The maximum Gasteiger partial charge on any atom is 0.387 e. The van der Waals surface area contributed by atoms with Crippen molar-refractivity contribution in [2.45, 2.75) is 23.8 Å². The van der Waals surface area contributed by atoms with Gasteiger partial charge in [0.05, 0.1) is 4.92 Å². The normalized spacial score (nSPS) is 10.9. The molecule has 0 atom stereocenters. The van der Waals surface area contributed by atoms with Crippen LogP contribution < -0.4 is 4.74 Å². The summed E-state index contributed by atoms with van der Waals surface area (Å²) in [6, 6.07) is 7.14. The van der Waals surface area contributed by atoms with E-state index in [0.29, 0.717) is 16.2 Å². The molecule has 3 rings (SSSR count). The summed E-state index contributed by atoms with van der Waals surface area (Å²) in [6.07, 6.45) is 1.15. The molecule has 0 saturated carbocycles. The van der Waals surface area contributed by atoms with E-state index >= 15 is 0 Å².